The van der Waals surface area contributed by atoms with Crippen LogP contribution >= 0.6 is 0 Å². The molecule has 1 aromatic carbocycles. The van der Waals surface area contributed by atoms with Crippen molar-refractivity contribution in [3.05, 3.63) is 48.2 Å². The molecule has 2 aromatic heterocycles. The number of hydrogen-bond donors (Lipinski definition) is 2. The van der Waals surface area contributed by atoms with Gasteiger partial charge in [0.2, 0.25) is 0 Å². The second-order valence-corrected chi connectivity index (χ2v) is 4.37. The lowest BCUT2D eigenvalue weighted by molar-refractivity contribution is 0.0696. The molecule has 5 heteroatoms. The highest BCUT2D eigenvalue weighted by Gasteiger charge is 2.07. The lowest BCUT2D eigenvalue weighted by Crippen LogP contribution is -1.97. The van der Waals surface area contributed by atoms with E-state index in [2.05, 4.69) is 9.97 Å². The number of hydrogen-bond acceptors (Lipinski definition) is 3. The molecule has 0 spiro atoms. The van der Waals surface area contributed by atoms with Crippen molar-refractivity contribution < 1.29 is 14.6 Å². The van der Waals surface area contributed by atoms with Crippen LogP contribution in [0.2, 0.25) is 0 Å². The molecule has 0 radical (unpaired) electrons. The minimum Gasteiger partial charge on any atom is -0.497 e. The fraction of sp³-hybridized carbons (Fsp3) is 0.0667. The van der Waals surface area contributed by atoms with E-state index < -0.39 is 5.97 Å². The van der Waals surface area contributed by atoms with Gasteiger partial charge in [0.15, 0.2) is 0 Å². The number of aromatic amines is 1. The van der Waals surface area contributed by atoms with Gasteiger partial charge in [-0.3, -0.25) is 4.98 Å². The van der Waals surface area contributed by atoms with Crippen LogP contribution in [0.15, 0.2) is 42.6 Å². The van der Waals surface area contributed by atoms with Gasteiger partial charge in [-0.05, 0) is 30.3 Å². The van der Waals surface area contributed by atoms with Crippen LogP contribution in [-0.4, -0.2) is 28.2 Å². The Labute approximate surface area is 114 Å². The number of fused-ring (bicyclic) bond motifs is 1. The maximum Gasteiger partial charge on any atom is 0.337 e. The van der Waals surface area contributed by atoms with Crippen molar-refractivity contribution in [3.8, 4) is 17.1 Å². The molecule has 0 bridgehead atoms. The molecule has 100 valence electrons. The highest BCUT2D eigenvalue weighted by Crippen LogP contribution is 2.25. The molecule has 0 atom stereocenters. The Bertz CT molecular complexity index is 775. The number of H-pyrrole nitrogens is 1. The molecule has 3 aromatic rings. The van der Waals surface area contributed by atoms with Gasteiger partial charge >= 0.3 is 5.97 Å². The number of ether oxygens (including phenoxy) is 1. The number of benzene rings is 1. The van der Waals surface area contributed by atoms with Gasteiger partial charge < -0.3 is 14.8 Å². The number of aromatic carboxylic acids is 1. The van der Waals surface area contributed by atoms with E-state index in [0.717, 1.165) is 22.3 Å². The van der Waals surface area contributed by atoms with E-state index in [-0.39, 0.29) is 5.56 Å². The third-order valence-electron chi connectivity index (χ3n) is 3.12. The maximum atomic E-state index is 10.8. The first-order chi connectivity index (χ1) is 9.67. The zero-order chi connectivity index (χ0) is 14.1. The first-order valence-electron chi connectivity index (χ1n) is 6.04. The monoisotopic (exact) mass is 268 g/mol. The average Bonchev–Trinajstić information content (AvgIpc) is 2.90. The molecular formula is C15H12N2O3. The summed E-state index contributed by atoms with van der Waals surface area (Å²) in [6.45, 7) is 0. The summed E-state index contributed by atoms with van der Waals surface area (Å²) in [5.74, 6) is -0.203. The van der Waals surface area contributed by atoms with Crippen molar-refractivity contribution in [2.24, 2.45) is 0 Å². The molecule has 0 aliphatic heterocycles. The van der Waals surface area contributed by atoms with E-state index in [9.17, 15) is 4.79 Å². The summed E-state index contributed by atoms with van der Waals surface area (Å²) in [5.41, 5.74) is 2.66. The van der Waals surface area contributed by atoms with Gasteiger partial charge in [-0.1, -0.05) is 0 Å². The van der Waals surface area contributed by atoms with Crippen LogP contribution in [0.5, 0.6) is 5.75 Å². The molecule has 0 saturated heterocycles. The standard InChI is InChI=1S/C15H12N2O3/c1-20-11-4-2-9-6-14(17-13(9)7-11)12-5-3-10(8-16-12)15(18)19/h2-8,17H,1H3,(H,18,19). The summed E-state index contributed by atoms with van der Waals surface area (Å²) in [7, 11) is 1.62. The van der Waals surface area contributed by atoms with E-state index in [1.807, 2.05) is 24.3 Å². The highest BCUT2D eigenvalue weighted by atomic mass is 16.5. The SMILES string of the molecule is COc1ccc2cc(-c3ccc(C(=O)O)cn3)[nH]c2c1. The molecule has 5 nitrogen and oxygen atoms in total. The quantitative estimate of drug-likeness (QED) is 0.765. The van der Waals surface area contributed by atoms with Crippen LogP contribution < -0.4 is 4.74 Å². The van der Waals surface area contributed by atoms with Gasteiger partial charge in [-0.2, -0.15) is 0 Å². The summed E-state index contributed by atoms with van der Waals surface area (Å²) >= 11 is 0. The summed E-state index contributed by atoms with van der Waals surface area (Å²) in [4.78, 5) is 18.2. The minimum atomic E-state index is -0.981. The minimum absolute atomic E-state index is 0.173. The second-order valence-electron chi connectivity index (χ2n) is 4.37. The largest absolute Gasteiger partial charge is 0.497 e. The second kappa shape index (κ2) is 4.70. The lowest BCUT2D eigenvalue weighted by Gasteiger charge is -1.98. The van der Waals surface area contributed by atoms with Crippen LogP contribution in [0.4, 0.5) is 0 Å². The first kappa shape index (κ1) is 12.2. The number of carbonyl (C=O) groups is 1. The summed E-state index contributed by atoms with van der Waals surface area (Å²) in [6, 6.07) is 10.9. The van der Waals surface area contributed by atoms with Crippen molar-refractivity contribution >= 4 is 16.9 Å². The molecule has 0 amide bonds. The number of pyridine rings is 1. The number of carboxylic acid groups (broad SMARTS) is 1. The molecule has 0 saturated carbocycles. The van der Waals surface area contributed by atoms with E-state index in [1.54, 1.807) is 13.2 Å². The molecule has 0 unspecified atom stereocenters. The predicted molar refractivity (Wildman–Crippen MR) is 75.0 cm³/mol. The van der Waals surface area contributed by atoms with Gasteiger partial charge in [0.05, 0.1) is 24.1 Å². The lowest BCUT2D eigenvalue weighted by atomic mass is 10.2. The van der Waals surface area contributed by atoms with E-state index in [0.29, 0.717) is 5.69 Å². The van der Waals surface area contributed by atoms with Crippen LogP contribution in [-0.2, 0) is 0 Å². The van der Waals surface area contributed by atoms with Crippen molar-refractivity contribution in [1.29, 1.82) is 0 Å². The topological polar surface area (TPSA) is 75.2 Å². The van der Waals surface area contributed by atoms with Crippen molar-refractivity contribution in [2.75, 3.05) is 7.11 Å². The Kier molecular flexibility index (Phi) is 2.87. The molecule has 20 heavy (non-hydrogen) atoms. The maximum absolute atomic E-state index is 10.8. The predicted octanol–water partition coefficient (Wildman–Crippen LogP) is 2.94. The van der Waals surface area contributed by atoms with Gasteiger partial charge in [-0.15, -0.1) is 0 Å². The first-order valence-corrected chi connectivity index (χ1v) is 6.04. The normalized spacial score (nSPS) is 10.7. The highest BCUT2D eigenvalue weighted by molar-refractivity contribution is 5.88. The number of carboxylic acids is 1. The summed E-state index contributed by atoms with van der Waals surface area (Å²) in [5, 5.41) is 9.90. The molecule has 0 aliphatic rings. The van der Waals surface area contributed by atoms with E-state index >= 15 is 0 Å². The zero-order valence-corrected chi connectivity index (χ0v) is 10.8. The van der Waals surface area contributed by atoms with Crippen LogP contribution in [0.1, 0.15) is 10.4 Å². The average molecular weight is 268 g/mol. The number of methoxy groups -OCH3 is 1. The fourth-order valence-electron chi connectivity index (χ4n) is 2.05. The van der Waals surface area contributed by atoms with E-state index in [4.69, 9.17) is 9.84 Å². The third-order valence-corrected chi connectivity index (χ3v) is 3.12. The van der Waals surface area contributed by atoms with Crippen molar-refractivity contribution in [1.82, 2.24) is 9.97 Å². The molecule has 2 N–H and O–H groups in total. The number of nitrogens with zero attached hydrogens (tertiary/aromatic N) is 1. The number of nitrogens with one attached hydrogen (secondary N) is 1. The Morgan fingerprint density at radius 2 is 2.10 bits per heavy atom. The van der Waals surface area contributed by atoms with Gasteiger partial charge in [-0.25, -0.2) is 4.79 Å². The smallest absolute Gasteiger partial charge is 0.337 e. The van der Waals surface area contributed by atoms with Gasteiger partial charge in [0.1, 0.15) is 5.75 Å². The van der Waals surface area contributed by atoms with E-state index in [1.165, 1.54) is 12.3 Å². The van der Waals surface area contributed by atoms with Gasteiger partial charge in [0.25, 0.3) is 0 Å². The summed E-state index contributed by atoms with van der Waals surface area (Å²) in [6.07, 6.45) is 1.35. The number of aromatic nitrogens is 2. The molecule has 0 fully saturated rings. The molecule has 2 heterocycles. The third kappa shape index (κ3) is 2.09. The Balaban J connectivity index is 2.03. The fourth-order valence-corrected chi connectivity index (χ4v) is 2.05. The number of rotatable bonds is 3. The Morgan fingerprint density at radius 1 is 1.25 bits per heavy atom. The molecule has 0 aliphatic carbocycles. The van der Waals surface area contributed by atoms with Crippen LogP contribution in [0.25, 0.3) is 22.3 Å². The van der Waals surface area contributed by atoms with Crippen molar-refractivity contribution in [3.63, 3.8) is 0 Å². The van der Waals surface area contributed by atoms with Crippen molar-refractivity contribution in [2.45, 2.75) is 0 Å². The molecular weight excluding hydrogens is 256 g/mol. The van der Waals surface area contributed by atoms with Crippen LogP contribution in [0.3, 0.4) is 0 Å². The summed E-state index contributed by atoms with van der Waals surface area (Å²) < 4.78 is 5.18. The van der Waals surface area contributed by atoms with Crippen LogP contribution in [0, 0.1) is 0 Å². The van der Waals surface area contributed by atoms with Gasteiger partial charge in [0, 0.05) is 23.2 Å². The molecule has 3 rings (SSSR count). The Hall–Kier alpha value is -2.82. The Morgan fingerprint density at radius 3 is 2.75 bits per heavy atom. The zero-order valence-electron chi connectivity index (χ0n) is 10.8.